The highest BCUT2D eigenvalue weighted by atomic mass is 32.2. The summed E-state index contributed by atoms with van der Waals surface area (Å²) in [7, 11) is 0. The van der Waals surface area contributed by atoms with E-state index in [1.54, 1.807) is 11.9 Å². The van der Waals surface area contributed by atoms with Gasteiger partial charge in [0.25, 0.3) is 0 Å². The molecule has 1 unspecified atom stereocenters. The zero-order valence-corrected chi connectivity index (χ0v) is 18.2. The van der Waals surface area contributed by atoms with Gasteiger partial charge >= 0.3 is 0 Å². The van der Waals surface area contributed by atoms with Crippen LogP contribution in [0.2, 0.25) is 0 Å². The number of ether oxygens (including phenoxy) is 1. The van der Waals surface area contributed by atoms with Crippen LogP contribution in [0.25, 0.3) is 0 Å². The number of benzene rings is 1. The third kappa shape index (κ3) is 5.53. The molecule has 29 heavy (non-hydrogen) atoms. The maximum atomic E-state index is 6.47. The normalized spacial score (nSPS) is 27.7. The number of nitrogens with zero attached hydrogens (tertiary/aromatic N) is 2. The maximum absolute atomic E-state index is 6.47. The number of anilines is 1. The molecule has 2 aliphatic rings. The molecule has 1 aliphatic heterocycles. The van der Waals surface area contributed by atoms with Crippen molar-refractivity contribution in [1.82, 2.24) is 9.71 Å². The van der Waals surface area contributed by atoms with Crippen LogP contribution in [0.5, 0.6) is 0 Å². The van der Waals surface area contributed by atoms with E-state index in [2.05, 4.69) is 63.3 Å². The predicted octanol–water partition coefficient (Wildman–Crippen LogP) is 4.89. The average Bonchev–Trinajstić information content (AvgIpc) is 2.80. The molecule has 2 fully saturated rings. The molecule has 156 valence electrons. The molecule has 4 nitrogen and oxygen atoms in total. The van der Waals surface area contributed by atoms with E-state index >= 15 is 0 Å². The molecule has 0 radical (unpaired) electrons. The Kier molecular flexibility index (Phi) is 7.47. The van der Waals surface area contributed by atoms with Crippen molar-refractivity contribution in [2.75, 3.05) is 30.9 Å². The fourth-order valence-corrected chi connectivity index (χ4v) is 5.42. The Balaban J connectivity index is 1.29. The molecule has 1 saturated heterocycles. The third-order valence-corrected chi connectivity index (χ3v) is 7.01. The second kappa shape index (κ2) is 10.5. The van der Waals surface area contributed by atoms with Crippen LogP contribution < -0.4 is 9.62 Å². The minimum absolute atomic E-state index is 0.412. The summed E-state index contributed by atoms with van der Waals surface area (Å²) < 4.78 is 10.1. The molecule has 4 rings (SSSR count). The first-order valence-corrected chi connectivity index (χ1v) is 12.2. The van der Waals surface area contributed by atoms with Crippen LogP contribution in [0.1, 0.15) is 43.6 Å². The third-order valence-electron chi connectivity index (χ3n) is 6.47. The Bertz CT molecular complexity index is 721. The van der Waals surface area contributed by atoms with Crippen molar-refractivity contribution in [3.8, 4) is 0 Å². The molecule has 1 aromatic heterocycles. The fraction of sp³-hybridized carbons (Fsp3) is 0.542. The van der Waals surface area contributed by atoms with Crippen molar-refractivity contribution in [3.63, 3.8) is 0 Å². The molecule has 5 heteroatoms. The highest BCUT2D eigenvalue weighted by Gasteiger charge is 2.31. The lowest BCUT2D eigenvalue weighted by atomic mass is 9.82. The monoisotopic (exact) mass is 411 g/mol. The summed E-state index contributed by atoms with van der Waals surface area (Å²) in [5, 5.41) is 0. The first-order chi connectivity index (χ1) is 14.3. The van der Waals surface area contributed by atoms with Crippen molar-refractivity contribution in [3.05, 3.63) is 60.3 Å². The van der Waals surface area contributed by atoms with Crippen molar-refractivity contribution in [2.24, 2.45) is 5.92 Å². The topological polar surface area (TPSA) is 37.4 Å². The summed E-state index contributed by atoms with van der Waals surface area (Å²) in [5.41, 5.74) is 1.49. The van der Waals surface area contributed by atoms with Crippen LogP contribution in [0.3, 0.4) is 0 Å². The molecule has 1 saturated carbocycles. The largest absolute Gasteiger partial charge is 0.378 e. The van der Waals surface area contributed by atoms with Crippen molar-refractivity contribution >= 4 is 17.8 Å². The lowest BCUT2D eigenvalue weighted by Crippen LogP contribution is -2.50. The van der Waals surface area contributed by atoms with Gasteiger partial charge in [-0.25, -0.2) is 4.98 Å². The van der Waals surface area contributed by atoms with E-state index in [-0.39, 0.29) is 0 Å². The average molecular weight is 412 g/mol. The van der Waals surface area contributed by atoms with Crippen molar-refractivity contribution in [1.29, 1.82) is 0 Å². The van der Waals surface area contributed by atoms with Crippen LogP contribution >= 0.6 is 11.9 Å². The van der Waals surface area contributed by atoms with E-state index < -0.39 is 0 Å². The molecule has 0 bridgehead atoms. The number of pyridine rings is 1. The summed E-state index contributed by atoms with van der Waals surface area (Å²) >= 11 is 1.73. The summed E-state index contributed by atoms with van der Waals surface area (Å²) in [5.74, 6) is 2.28. The maximum Gasteiger partial charge on any atom is 0.128 e. The Labute approximate surface area is 179 Å². The van der Waals surface area contributed by atoms with Gasteiger partial charge in [-0.1, -0.05) is 48.3 Å². The highest BCUT2D eigenvalue weighted by molar-refractivity contribution is 7.96. The van der Waals surface area contributed by atoms with Gasteiger partial charge in [-0.3, -0.25) is 4.72 Å². The molecular formula is C24H33N3OS. The quantitative estimate of drug-likeness (QED) is 0.657. The number of nitrogens with one attached hydrogen (secondary N) is 1. The van der Waals surface area contributed by atoms with E-state index in [0.29, 0.717) is 24.0 Å². The minimum Gasteiger partial charge on any atom is -0.378 e. The SMILES string of the molecule is CSNC1CCN(c2ccccn2)C[C@H]1CO[C@H]1CC[C@@H](c2ccccc2)CC1. The van der Waals surface area contributed by atoms with E-state index in [1.165, 1.54) is 31.2 Å². The van der Waals surface area contributed by atoms with Crippen LogP contribution in [-0.2, 0) is 4.74 Å². The fourth-order valence-electron chi connectivity index (χ4n) is 4.80. The molecule has 2 heterocycles. The summed E-state index contributed by atoms with van der Waals surface area (Å²) in [6.45, 7) is 2.89. The smallest absolute Gasteiger partial charge is 0.128 e. The lowest BCUT2D eigenvalue weighted by Gasteiger charge is -2.40. The molecular weight excluding hydrogens is 378 g/mol. The predicted molar refractivity (Wildman–Crippen MR) is 122 cm³/mol. The van der Waals surface area contributed by atoms with Crippen LogP contribution in [0.15, 0.2) is 54.7 Å². The molecule has 1 aliphatic carbocycles. The van der Waals surface area contributed by atoms with Crippen molar-refractivity contribution < 1.29 is 4.74 Å². The highest BCUT2D eigenvalue weighted by Crippen LogP contribution is 2.34. The zero-order chi connectivity index (χ0) is 19.9. The van der Waals surface area contributed by atoms with Gasteiger partial charge in [0.2, 0.25) is 0 Å². The first-order valence-electron chi connectivity index (χ1n) is 10.9. The van der Waals surface area contributed by atoms with Crippen LogP contribution in [-0.4, -0.2) is 43.1 Å². The molecule has 1 aromatic carbocycles. The molecule has 1 N–H and O–H groups in total. The van der Waals surface area contributed by atoms with Gasteiger partial charge in [0.05, 0.1) is 12.7 Å². The Morgan fingerprint density at radius 3 is 2.55 bits per heavy atom. The molecule has 2 atom stereocenters. The van der Waals surface area contributed by atoms with E-state index in [1.807, 2.05) is 12.3 Å². The minimum atomic E-state index is 0.412. The van der Waals surface area contributed by atoms with E-state index in [0.717, 1.165) is 31.9 Å². The zero-order valence-electron chi connectivity index (χ0n) is 17.4. The summed E-state index contributed by atoms with van der Waals surface area (Å²) in [4.78, 5) is 6.97. The number of hydrogen-bond acceptors (Lipinski definition) is 5. The van der Waals surface area contributed by atoms with Gasteiger partial charge in [-0.05, 0) is 62.0 Å². The molecule has 0 spiro atoms. The number of piperidine rings is 1. The Morgan fingerprint density at radius 1 is 1.03 bits per heavy atom. The van der Waals surface area contributed by atoms with Gasteiger partial charge < -0.3 is 9.64 Å². The van der Waals surface area contributed by atoms with Gasteiger partial charge in [-0.2, -0.15) is 0 Å². The Hall–Kier alpha value is -1.56. The lowest BCUT2D eigenvalue weighted by molar-refractivity contribution is -0.00197. The van der Waals surface area contributed by atoms with Gasteiger partial charge in [0, 0.05) is 31.2 Å². The molecule has 0 amide bonds. The summed E-state index contributed by atoms with van der Waals surface area (Å²) in [6, 6.07) is 17.7. The van der Waals surface area contributed by atoms with Gasteiger partial charge in [0.15, 0.2) is 0 Å². The molecule has 2 aromatic rings. The number of aromatic nitrogens is 1. The van der Waals surface area contributed by atoms with Crippen molar-refractivity contribution in [2.45, 2.75) is 50.2 Å². The van der Waals surface area contributed by atoms with E-state index in [4.69, 9.17) is 4.74 Å². The summed E-state index contributed by atoms with van der Waals surface area (Å²) in [6.07, 6.45) is 10.4. The number of hydrogen-bond donors (Lipinski definition) is 1. The first kappa shape index (κ1) is 20.7. The second-order valence-corrected chi connectivity index (χ2v) is 8.97. The van der Waals surface area contributed by atoms with Gasteiger partial charge in [-0.15, -0.1) is 0 Å². The van der Waals surface area contributed by atoms with E-state index in [9.17, 15) is 0 Å². The second-order valence-electron chi connectivity index (χ2n) is 8.33. The Morgan fingerprint density at radius 2 is 1.83 bits per heavy atom. The van der Waals surface area contributed by atoms with Gasteiger partial charge in [0.1, 0.15) is 5.82 Å². The van der Waals surface area contributed by atoms with Crippen LogP contribution in [0, 0.1) is 5.92 Å². The number of rotatable bonds is 7. The standard InChI is InChI=1S/C24H33N3OS/c1-29-26-23-14-16-27(24-9-5-6-15-25-24)17-21(23)18-28-22-12-10-20(11-13-22)19-7-3-2-4-8-19/h2-9,15,20-23,26H,10-14,16-18H2,1H3/t20-,21-,22+,23?/m0/s1. The van der Waals surface area contributed by atoms with Crippen LogP contribution in [0.4, 0.5) is 5.82 Å².